The number of benzene rings is 1. The van der Waals surface area contributed by atoms with Crippen LogP contribution in [-0.4, -0.2) is 13.1 Å². The van der Waals surface area contributed by atoms with Gasteiger partial charge in [-0.15, -0.1) is 0 Å². The zero-order chi connectivity index (χ0) is 14.8. The Morgan fingerprint density at radius 1 is 1.25 bits per heavy atom. The van der Waals surface area contributed by atoms with E-state index in [0.29, 0.717) is 5.41 Å². The van der Waals surface area contributed by atoms with Crippen molar-refractivity contribution in [1.82, 2.24) is 0 Å². The van der Waals surface area contributed by atoms with Gasteiger partial charge in [-0.2, -0.15) is 0 Å². The molecule has 20 heavy (non-hydrogen) atoms. The highest BCUT2D eigenvalue weighted by Gasteiger charge is 2.22. The first-order valence-electron chi connectivity index (χ1n) is 7.72. The molecule has 1 aromatic rings. The van der Waals surface area contributed by atoms with Crippen LogP contribution in [0.15, 0.2) is 35.9 Å². The molecule has 0 aliphatic carbocycles. The number of nitrogens with zero attached hydrogens (tertiary/aromatic N) is 1. The number of anilines is 1. The van der Waals surface area contributed by atoms with Crippen LogP contribution in [0.1, 0.15) is 52.1 Å². The van der Waals surface area contributed by atoms with E-state index in [1.54, 1.807) is 5.57 Å². The van der Waals surface area contributed by atoms with E-state index in [0.717, 1.165) is 25.9 Å². The minimum absolute atomic E-state index is 0.138. The Morgan fingerprint density at radius 3 is 2.50 bits per heavy atom. The van der Waals surface area contributed by atoms with Gasteiger partial charge in [0.1, 0.15) is 0 Å². The lowest BCUT2D eigenvalue weighted by Crippen LogP contribution is -2.32. The van der Waals surface area contributed by atoms with Crippen molar-refractivity contribution in [2.45, 2.75) is 46.6 Å². The van der Waals surface area contributed by atoms with Gasteiger partial charge < -0.3 is 10.6 Å². The highest BCUT2D eigenvalue weighted by Crippen LogP contribution is 2.33. The third kappa shape index (κ3) is 3.24. The normalized spacial score (nSPS) is 17.9. The second kappa shape index (κ2) is 6.01. The van der Waals surface area contributed by atoms with Gasteiger partial charge in [-0.05, 0) is 29.9 Å². The van der Waals surface area contributed by atoms with Crippen molar-refractivity contribution in [3.05, 3.63) is 41.5 Å². The zero-order valence-corrected chi connectivity index (χ0v) is 13.3. The lowest BCUT2D eigenvalue weighted by atomic mass is 9.83. The van der Waals surface area contributed by atoms with E-state index in [1.165, 1.54) is 11.3 Å². The summed E-state index contributed by atoms with van der Waals surface area (Å²) in [5.74, 6) is 0. The van der Waals surface area contributed by atoms with Gasteiger partial charge in [0.2, 0.25) is 0 Å². The Kier molecular flexibility index (Phi) is 4.54. The molecule has 0 saturated carbocycles. The highest BCUT2D eigenvalue weighted by atomic mass is 15.1. The second-order valence-electron chi connectivity index (χ2n) is 6.75. The van der Waals surface area contributed by atoms with E-state index < -0.39 is 0 Å². The lowest BCUT2D eigenvalue weighted by Gasteiger charge is -2.35. The molecule has 1 unspecified atom stereocenters. The zero-order valence-electron chi connectivity index (χ0n) is 13.3. The standard InChI is InChI=1S/C18H28N2/c1-5-16(19)15-8-6-7-9-17(15)20-12-10-14(11-13-20)18(2,3)4/h6-10,16H,5,11-13,19H2,1-4H3. The molecule has 110 valence electrons. The molecule has 0 amide bonds. The Labute approximate surface area is 123 Å². The summed E-state index contributed by atoms with van der Waals surface area (Å²) in [6.07, 6.45) is 4.53. The monoisotopic (exact) mass is 272 g/mol. The Bertz CT molecular complexity index is 482. The average Bonchev–Trinajstić information content (AvgIpc) is 2.45. The second-order valence-corrected chi connectivity index (χ2v) is 6.75. The maximum absolute atomic E-state index is 6.26. The van der Waals surface area contributed by atoms with Crippen LogP contribution in [0.25, 0.3) is 0 Å². The summed E-state index contributed by atoms with van der Waals surface area (Å²) in [6, 6.07) is 8.73. The van der Waals surface area contributed by atoms with Crippen molar-refractivity contribution in [3.8, 4) is 0 Å². The van der Waals surface area contributed by atoms with Crippen LogP contribution in [0.4, 0.5) is 5.69 Å². The molecule has 2 rings (SSSR count). The summed E-state index contributed by atoms with van der Waals surface area (Å²) in [7, 11) is 0. The predicted molar refractivity (Wildman–Crippen MR) is 88.0 cm³/mol. The fourth-order valence-electron chi connectivity index (χ4n) is 2.88. The summed E-state index contributed by atoms with van der Waals surface area (Å²) in [5, 5.41) is 0. The first-order chi connectivity index (χ1) is 9.43. The lowest BCUT2D eigenvalue weighted by molar-refractivity contribution is 0.472. The van der Waals surface area contributed by atoms with Gasteiger partial charge in [0.25, 0.3) is 0 Å². The van der Waals surface area contributed by atoms with Crippen LogP contribution in [-0.2, 0) is 0 Å². The largest absolute Gasteiger partial charge is 0.367 e. The first kappa shape index (κ1) is 15.1. The molecule has 2 nitrogen and oxygen atoms in total. The Hall–Kier alpha value is -1.28. The summed E-state index contributed by atoms with van der Waals surface area (Å²) >= 11 is 0. The van der Waals surface area contributed by atoms with Crippen LogP contribution >= 0.6 is 0 Å². The third-order valence-electron chi connectivity index (χ3n) is 4.29. The maximum Gasteiger partial charge on any atom is 0.0417 e. The van der Waals surface area contributed by atoms with E-state index in [1.807, 2.05) is 0 Å². The first-order valence-corrected chi connectivity index (χ1v) is 7.72. The molecule has 0 bridgehead atoms. The number of nitrogens with two attached hydrogens (primary N) is 1. The fourth-order valence-corrected chi connectivity index (χ4v) is 2.88. The van der Waals surface area contributed by atoms with E-state index >= 15 is 0 Å². The third-order valence-corrected chi connectivity index (χ3v) is 4.29. The molecule has 0 radical (unpaired) electrons. The Morgan fingerprint density at radius 2 is 1.95 bits per heavy atom. The summed E-state index contributed by atoms with van der Waals surface area (Å²) in [5.41, 5.74) is 10.7. The molecule has 0 fully saturated rings. The van der Waals surface area contributed by atoms with E-state index in [2.05, 4.69) is 62.9 Å². The topological polar surface area (TPSA) is 29.3 Å². The molecule has 0 saturated heterocycles. The quantitative estimate of drug-likeness (QED) is 0.832. The van der Waals surface area contributed by atoms with Crippen molar-refractivity contribution in [2.75, 3.05) is 18.0 Å². The smallest absolute Gasteiger partial charge is 0.0417 e. The summed E-state index contributed by atoms with van der Waals surface area (Å²) < 4.78 is 0. The van der Waals surface area contributed by atoms with Crippen LogP contribution in [0.2, 0.25) is 0 Å². The van der Waals surface area contributed by atoms with Gasteiger partial charge in [0, 0.05) is 24.8 Å². The van der Waals surface area contributed by atoms with E-state index in [4.69, 9.17) is 5.73 Å². The molecule has 1 aromatic carbocycles. The molecule has 1 heterocycles. The van der Waals surface area contributed by atoms with Crippen LogP contribution in [0.3, 0.4) is 0 Å². The molecular weight excluding hydrogens is 244 g/mol. The molecular formula is C18H28N2. The molecule has 2 heteroatoms. The number of para-hydroxylation sites is 1. The van der Waals surface area contributed by atoms with Crippen molar-refractivity contribution >= 4 is 5.69 Å². The van der Waals surface area contributed by atoms with E-state index in [9.17, 15) is 0 Å². The van der Waals surface area contributed by atoms with Crippen LogP contribution in [0, 0.1) is 5.41 Å². The number of hydrogen-bond acceptors (Lipinski definition) is 2. The van der Waals surface area contributed by atoms with Crippen molar-refractivity contribution in [1.29, 1.82) is 0 Å². The van der Waals surface area contributed by atoms with Gasteiger partial charge in [0.15, 0.2) is 0 Å². The van der Waals surface area contributed by atoms with E-state index in [-0.39, 0.29) is 6.04 Å². The van der Waals surface area contributed by atoms with Gasteiger partial charge in [-0.3, -0.25) is 0 Å². The highest BCUT2D eigenvalue weighted by molar-refractivity contribution is 5.56. The van der Waals surface area contributed by atoms with Crippen molar-refractivity contribution in [2.24, 2.45) is 11.1 Å². The maximum atomic E-state index is 6.26. The van der Waals surface area contributed by atoms with Gasteiger partial charge in [-0.25, -0.2) is 0 Å². The van der Waals surface area contributed by atoms with Gasteiger partial charge >= 0.3 is 0 Å². The van der Waals surface area contributed by atoms with Crippen molar-refractivity contribution in [3.63, 3.8) is 0 Å². The summed E-state index contributed by atoms with van der Waals surface area (Å²) in [4.78, 5) is 2.46. The van der Waals surface area contributed by atoms with Crippen LogP contribution in [0.5, 0.6) is 0 Å². The predicted octanol–water partition coefficient (Wildman–Crippen LogP) is 4.28. The number of rotatable bonds is 3. The SMILES string of the molecule is CCC(N)c1ccccc1N1CC=C(C(C)(C)C)CC1. The van der Waals surface area contributed by atoms with Crippen molar-refractivity contribution < 1.29 is 0 Å². The fraction of sp³-hybridized carbons (Fsp3) is 0.556. The minimum Gasteiger partial charge on any atom is -0.367 e. The molecule has 2 N–H and O–H groups in total. The Balaban J connectivity index is 2.21. The van der Waals surface area contributed by atoms with Gasteiger partial charge in [0.05, 0.1) is 0 Å². The van der Waals surface area contributed by atoms with Crippen LogP contribution < -0.4 is 10.6 Å². The number of hydrogen-bond donors (Lipinski definition) is 1. The molecule has 0 aromatic heterocycles. The average molecular weight is 272 g/mol. The molecule has 1 atom stereocenters. The molecule has 1 aliphatic heterocycles. The summed E-state index contributed by atoms with van der Waals surface area (Å²) in [6.45, 7) is 11.1. The molecule has 1 aliphatic rings. The minimum atomic E-state index is 0.138. The van der Waals surface area contributed by atoms with Gasteiger partial charge in [-0.1, -0.05) is 57.5 Å². The molecule has 0 spiro atoms.